The Hall–Kier alpha value is -4.28. The molecule has 0 bridgehead atoms. The normalized spacial score (nSPS) is 10.4. The molecule has 4 aromatic rings. The summed E-state index contributed by atoms with van der Waals surface area (Å²) in [5.74, 6) is 0. The van der Waals surface area contributed by atoms with Crippen LogP contribution >= 0.6 is 0 Å². The SMILES string of the molecule is [C-]#[N+]c1cc(N)ccc1-c1cccc2cccc(-c3ccc(N)cc3C#N)c12. The Kier molecular flexibility index (Phi) is 4.16. The van der Waals surface area contributed by atoms with Crippen molar-refractivity contribution in [1.29, 1.82) is 5.26 Å². The smallest absolute Gasteiger partial charge is 0.196 e. The molecule has 4 rings (SSSR count). The Morgan fingerprint density at radius 3 is 2.00 bits per heavy atom. The van der Waals surface area contributed by atoms with Gasteiger partial charge in [0, 0.05) is 16.9 Å². The van der Waals surface area contributed by atoms with Crippen molar-refractivity contribution in [2.75, 3.05) is 11.5 Å². The third-order valence-electron chi connectivity index (χ3n) is 4.79. The summed E-state index contributed by atoms with van der Waals surface area (Å²) < 4.78 is 0. The Bertz CT molecular complexity index is 1210. The van der Waals surface area contributed by atoms with E-state index in [2.05, 4.69) is 10.9 Å². The van der Waals surface area contributed by atoms with Crippen molar-refractivity contribution in [3.63, 3.8) is 0 Å². The molecule has 4 N–H and O–H groups in total. The average molecular weight is 360 g/mol. The molecule has 0 aliphatic heterocycles. The highest BCUT2D eigenvalue weighted by atomic mass is 14.7. The van der Waals surface area contributed by atoms with Crippen LogP contribution in [0.4, 0.5) is 17.1 Å². The highest BCUT2D eigenvalue weighted by Crippen LogP contribution is 2.41. The first kappa shape index (κ1) is 17.1. The van der Waals surface area contributed by atoms with Crippen LogP contribution < -0.4 is 11.5 Å². The van der Waals surface area contributed by atoms with E-state index >= 15 is 0 Å². The van der Waals surface area contributed by atoms with Gasteiger partial charge < -0.3 is 11.5 Å². The molecule has 4 nitrogen and oxygen atoms in total. The summed E-state index contributed by atoms with van der Waals surface area (Å²) >= 11 is 0. The van der Waals surface area contributed by atoms with Crippen molar-refractivity contribution in [1.82, 2.24) is 0 Å². The zero-order valence-corrected chi connectivity index (χ0v) is 15.0. The summed E-state index contributed by atoms with van der Waals surface area (Å²) in [6, 6.07) is 25.0. The van der Waals surface area contributed by atoms with Gasteiger partial charge in [-0.1, -0.05) is 48.5 Å². The molecule has 4 aromatic carbocycles. The summed E-state index contributed by atoms with van der Waals surface area (Å²) in [6.07, 6.45) is 0. The molecule has 0 spiro atoms. The molecule has 0 aliphatic carbocycles. The number of benzene rings is 4. The Balaban J connectivity index is 2.10. The molecular formula is C24H16N4. The summed E-state index contributed by atoms with van der Waals surface area (Å²) in [4.78, 5) is 3.66. The molecule has 0 aromatic heterocycles. The zero-order chi connectivity index (χ0) is 19.7. The van der Waals surface area contributed by atoms with Crippen LogP contribution in [-0.4, -0.2) is 0 Å². The molecule has 0 saturated heterocycles. The van der Waals surface area contributed by atoms with Crippen LogP contribution in [-0.2, 0) is 0 Å². The molecule has 0 heterocycles. The lowest BCUT2D eigenvalue weighted by Crippen LogP contribution is -1.92. The van der Waals surface area contributed by atoms with E-state index in [9.17, 15) is 5.26 Å². The van der Waals surface area contributed by atoms with Crippen LogP contribution in [0.3, 0.4) is 0 Å². The van der Waals surface area contributed by atoms with Gasteiger partial charge in [-0.05, 0) is 51.7 Å². The summed E-state index contributed by atoms with van der Waals surface area (Å²) in [6.45, 7) is 7.56. The van der Waals surface area contributed by atoms with Gasteiger partial charge >= 0.3 is 0 Å². The monoisotopic (exact) mass is 360 g/mol. The van der Waals surface area contributed by atoms with Crippen LogP contribution in [0.15, 0.2) is 72.8 Å². The Morgan fingerprint density at radius 1 is 0.750 bits per heavy atom. The maximum Gasteiger partial charge on any atom is 0.196 e. The molecule has 0 amide bonds. The maximum absolute atomic E-state index is 9.62. The molecule has 0 fully saturated rings. The van der Waals surface area contributed by atoms with Crippen LogP contribution in [0.2, 0.25) is 0 Å². The highest BCUT2D eigenvalue weighted by Gasteiger charge is 2.15. The molecule has 0 saturated carbocycles. The quantitative estimate of drug-likeness (QED) is 0.352. The van der Waals surface area contributed by atoms with E-state index in [-0.39, 0.29) is 0 Å². The molecule has 0 radical (unpaired) electrons. The van der Waals surface area contributed by atoms with Gasteiger partial charge in [0.25, 0.3) is 0 Å². The van der Waals surface area contributed by atoms with Crippen molar-refractivity contribution >= 4 is 27.8 Å². The minimum Gasteiger partial charge on any atom is -0.400 e. The second-order valence-electron chi connectivity index (χ2n) is 6.51. The van der Waals surface area contributed by atoms with Gasteiger partial charge in [0.05, 0.1) is 18.2 Å². The van der Waals surface area contributed by atoms with Gasteiger partial charge in [0.2, 0.25) is 0 Å². The number of hydrogen-bond donors (Lipinski definition) is 2. The fraction of sp³-hybridized carbons (Fsp3) is 0. The number of anilines is 2. The standard InChI is InChI=1S/C24H16N4/c1-28-23-13-18(27)9-11-20(23)22-7-3-5-15-4-2-6-21(24(15)22)19-10-8-17(26)12-16(19)14-25/h2-13H,26-27H2. The fourth-order valence-corrected chi connectivity index (χ4v) is 3.55. The van der Waals surface area contributed by atoms with E-state index in [1.54, 1.807) is 24.3 Å². The van der Waals surface area contributed by atoms with Gasteiger partial charge in [-0.15, -0.1) is 0 Å². The predicted molar refractivity (Wildman–Crippen MR) is 115 cm³/mol. The number of nitriles is 1. The Labute approximate surface area is 163 Å². The summed E-state index contributed by atoms with van der Waals surface area (Å²) in [5, 5.41) is 11.6. The van der Waals surface area contributed by atoms with Gasteiger partial charge in [-0.2, -0.15) is 5.26 Å². The average Bonchev–Trinajstić information content (AvgIpc) is 2.72. The first-order valence-corrected chi connectivity index (χ1v) is 8.71. The van der Waals surface area contributed by atoms with E-state index in [1.807, 2.05) is 48.5 Å². The second-order valence-corrected chi connectivity index (χ2v) is 6.51. The molecule has 0 unspecified atom stereocenters. The van der Waals surface area contributed by atoms with E-state index in [4.69, 9.17) is 18.0 Å². The van der Waals surface area contributed by atoms with Crippen LogP contribution in [0.25, 0.3) is 37.9 Å². The third-order valence-corrected chi connectivity index (χ3v) is 4.79. The molecule has 4 heteroatoms. The van der Waals surface area contributed by atoms with Crippen molar-refractivity contribution in [2.24, 2.45) is 0 Å². The lowest BCUT2D eigenvalue weighted by atomic mass is 9.89. The lowest BCUT2D eigenvalue weighted by Gasteiger charge is -2.15. The number of fused-ring (bicyclic) bond motifs is 1. The highest BCUT2D eigenvalue weighted by molar-refractivity contribution is 6.08. The lowest BCUT2D eigenvalue weighted by molar-refractivity contribution is 1.48. The molecule has 132 valence electrons. The van der Waals surface area contributed by atoms with E-state index in [0.29, 0.717) is 22.6 Å². The fourth-order valence-electron chi connectivity index (χ4n) is 3.55. The summed E-state index contributed by atoms with van der Waals surface area (Å²) in [5.41, 5.74) is 17.4. The Morgan fingerprint density at radius 2 is 1.36 bits per heavy atom. The molecule has 0 atom stereocenters. The number of nitrogen functional groups attached to an aromatic ring is 2. The van der Waals surface area contributed by atoms with Crippen LogP contribution in [0.1, 0.15) is 5.56 Å². The minimum atomic E-state index is 0.500. The van der Waals surface area contributed by atoms with E-state index < -0.39 is 0 Å². The summed E-state index contributed by atoms with van der Waals surface area (Å²) in [7, 11) is 0. The predicted octanol–water partition coefficient (Wildman–Crippen LogP) is 5.76. The number of hydrogen-bond acceptors (Lipinski definition) is 3. The first-order valence-electron chi connectivity index (χ1n) is 8.71. The molecule has 28 heavy (non-hydrogen) atoms. The third kappa shape index (κ3) is 2.80. The van der Waals surface area contributed by atoms with Crippen LogP contribution in [0, 0.1) is 17.9 Å². The van der Waals surface area contributed by atoms with Crippen molar-refractivity contribution in [3.8, 4) is 28.3 Å². The van der Waals surface area contributed by atoms with E-state index in [0.717, 1.165) is 33.0 Å². The first-order chi connectivity index (χ1) is 13.6. The molecule has 0 aliphatic rings. The minimum absolute atomic E-state index is 0.500. The van der Waals surface area contributed by atoms with Gasteiger partial charge in [-0.25, -0.2) is 4.85 Å². The van der Waals surface area contributed by atoms with Crippen molar-refractivity contribution in [2.45, 2.75) is 0 Å². The number of rotatable bonds is 2. The zero-order valence-electron chi connectivity index (χ0n) is 15.0. The van der Waals surface area contributed by atoms with Crippen LogP contribution in [0.5, 0.6) is 0 Å². The maximum atomic E-state index is 9.62. The number of nitrogens with zero attached hydrogens (tertiary/aromatic N) is 2. The van der Waals surface area contributed by atoms with Gasteiger partial charge in [-0.3, -0.25) is 0 Å². The van der Waals surface area contributed by atoms with Crippen molar-refractivity contribution in [3.05, 3.63) is 89.8 Å². The topological polar surface area (TPSA) is 80.2 Å². The second kappa shape index (κ2) is 6.79. The van der Waals surface area contributed by atoms with Gasteiger partial charge in [0.15, 0.2) is 5.69 Å². The van der Waals surface area contributed by atoms with Gasteiger partial charge in [0.1, 0.15) is 0 Å². The number of nitrogens with two attached hydrogens (primary N) is 2. The largest absolute Gasteiger partial charge is 0.400 e. The molecular weight excluding hydrogens is 344 g/mol. The van der Waals surface area contributed by atoms with E-state index in [1.165, 1.54) is 0 Å². The van der Waals surface area contributed by atoms with Crippen molar-refractivity contribution < 1.29 is 0 Å².